The molecule has 0 atom stereocenters. The Hall–Kier alpha value is -2.40. The van der Waals surface area contributed by atoms with Crippen molar-refractivity contribution >= 4 is 28.8 Å². The van der Waals surface area contributed by atoms with Gasteiger partial charge in [-0.1, -0.05) is 17.7 Å². The Labute approximate surface area is 113 Å². The second-order valence-corrected chi connectivity index (χ2v) is 4.33. The van der Waals surface area contributed by atoms with Gasteiger partial charge in [0.1, 0.15) is 5.69 Å². The largest absolute Gasteiger partial charge is 0.321 e. The molecule has 0 aliphatic heterocycles. The molecule has 2 aromatic heterocycles. The Morgan fingerprint density at radius 3 is 2.95 bits per heavy atom. The maximum Gasteiger partial charge on any atom is 0.274 e. The summed E-state index contributed by atoms with van der Waals surface area (Å²) in [6.45, 7) is 0. The summed E-state index contributed by atoms with van der Waals surface area (Å²) in [6.07, 6.45) is 3.17. The van der Waals surface area contributed by atoms with Gasteiger partial charge in [0.25, 0.3) is 5.91 Å². The molecule has 1 N–H and O–H groups in total. The first-order valence-corrected chi connectivity index (χ1v) is 5.97. The Morgan fingerprint density at radius 1 is 1.21 bits per heavy atom. The van der Waals surface area contributed by atoms with Crippen LogP contribution in [-0.2, 0) is 0 Å². The van der Waals surface area contributed by atoms with E-state index in [2.05, 4.69) is 15.4 Å². The summed E-state index contributed by atoms with van der Waals surface area (Å²) in [5, 5.41) is 7.40. The van der Waals surface area contributed by atoms with Crippen molar-refractivity contribution in [1.82, 2.24) is 14.6 Å². The molecule has 0 saturated heterocycles. The van der Waals surface area contributed by atoms with E-state index in [1.807, 2.05) is 0 Å². The number of amides is 1. The van der Waals surface area contributed by atoms with Gasteiger partial charge in [-0.05, 0) is 24.3 Å². The number of carbonyl (C=O) groups is 1. The smallest absolute Gasteiger partial charge is 0.274 e. The summed E-state index contributed by atoms with van der Waals surface area (Å²) in [6, 6.07) is 10.3. The maximum absolute atomic E-state index is 12.2. The molecule has 2 heterocycles. The Kier molecular flexibility index (Phi) is 2.89. The predicted molar refractivity (Wildman–Crippen MR) is 72.4 cm³/mol. The highest BCUT2D eigenvalue weighted by molar-refractivity contribution is 6.30. The number of benzene rings is 1. The molecule has 1 amide bonds. The van der Waals surface area contributed by atoms with Crippen molar-refractivity contribution < 1.29 is 4.79 Å². The Morgan fingerprint density at radius 2 is 2.11 bits per heavy atom. The zero-order valence-corrected chi connectivity index (χ0v) is 10.5. The van der Waals surface area contributed by atoms with Gasteiger partial charge in [-0.3, -0.25) is 4.79 Å². The molecule has 0 spiro atoms. The number of carbonyl (C=O) groups excluding carboxylic acids is 1. The summed E-state index contributed by atoms with van der Waals surface area (Å²) >= 11 is 5.87. The minimum Gasteiger partial charge on any atom is -0.321 e. The van der Waals surface area contributed by atoms with E-state index in [9.17, 15) is 4.79 Å². The lowest BCUT2D eigenvalue weighted by Gasteiger charge is -2.06. The molecule has 19 heavy (non-hydrogen) atoms. The van der Waals surface area contributed by atoms with E-state index >= 15 is 0 Å². The van der Waals surface area contributed by atoms with Crippen molar-refractivity contribution in [2.75, 3.05) is 5.32 Å². The van der Waals surface area contributed by atoms with Gasteiger partial charge < -0.3 is 5.32 Å². The molecule has 0 fully saturated rings. The van der Waals surface area contributed by atoms with Crippen LogP contribution in [-0.4, -0.2) is 20.5 Å². The van der Waals surface area contributed by atoms with E-state index < -0.39 is 0 Å². The van der Waals surface area contributed by atoms with Gasteiger partial charge in [0.05, 0.1) is 6.20 Å². The number of anilines is 1. The fourth-order valence-electron chi connectivity index (χ4n) is 1.77. The first-order chi connectivity index (χ1) is 9.24. The van der Waals surface area contributed by atoms with Crippen molar-refractivity contribution in [2.45, 2.75) is 0 Å². The van der Waals surface area contributed by atoms with Crippen LogP contribution in [0, 0.1) is 0 Å². The molecular weight excluding hydrogens is 264 g/mol. The van der Waals surface area contributed by atoms with Gasteiger partial charge in [0.2, 0.25) is 0 Å². The number of hydrogen-bond acceptors (Lipinski definition) is 3. The molecule has 0 aliphatic carbocycles. The fraction of sp³-hybridized carbons (Fsp3) is 0. The van der Waals surface area contributed by atoms with E-state index in [1.54, 1.807) is 48.8 Å². The molecular formula is C13H9ClN4O. The van der Waals surface area contributed by atoms with Crippen LogP contribution in [0.1, 0.15) is 10.5 Å². The molecule has 0 unspecified atom stereocenters. The highest BCUT2D eigenvalue weighted by atomic mass is 35.5. The molecule has 0 radical (unpaired) electrons. The lowest BCUT2D eigenvalue weighted by atomic mass is 10.3. The van der Waals surface area contributed by atoms with E-state index in [0.29, 0.717) is 22.1 Å². The zero-order chi connectivity index (χ0) is 13.2. The molecule has 0 aliphatic rings. The summed E-state index contributed by atoms with van der Waals surface area (Å²) in [5.74, 6) is -0.265. The molecule has 3 rings (SSSR count). The topological polar surface area (TPSA) is 59.3 Å². The van der Waals surface area contributed by atoms with Crippen LogP contribution in [0.4, 0.5) is 5.69 Å². The third kappa shape index (κ3) is 2.28. The van der Waals surface area contributed by atoms with Crippen molar-refractivity contribution in [1.29, 1.82) is 0 Å². The van der Waals surface area contributed by atoms with Crippen molar-refractivity contribution in [3.05, 3.63) is 59.5 Å². The van der Waals surface area contributed by atoms with E-state index in [1.165, 1.54) is 4.52 Å². The zero-order valence-electron chi connectivity index (χ0n) is 9.75. The molecule has 94 valence electrons. The highest BCUT2D eigenvalue weighted by Crippen LogP contribution is 2.16. The predicted octanol–water partition coefficient (Wildman–Crippen LogP) is 2.64. The fourth-order valence-corrected chi connectivity index (χ4v) is 1.96. The molecule has 0 bridgehead atoms. The molecule has 3 aromatic rings. The summed E-state index contributed by atoms with van der Waals surface area (Å²) in [5.41, 5.74) is 1.67. The third-order valence-electron chi connectivity index (χ3n) is 2.61. The number of halogens is 1. The molecule has 6 heteroatoms. The van der Waals surface area contributed by atoms with Crippen molar-refractivity contribution in [3.8, 4) is 0 Å². The first kappa shape index (κ1) is 11.7. The quantitative estimate of drug-likeness (QED) is 0.780. The van der Waals surface area contributed by atoms with Crippen LogP contribution in [0.15, 0.2) is 48.8 Å². The molecule has 5 nitrogen and oxygen atoms in total. The highest BCUT2D eigenvalue weighted by Gasteiger charge is 2.11. The van der Waals surface area contributed by atoms with E-state index in [-0.39, 0.29) is 5.91 Å². The van der Waals surface area contributed by atoms with Crippen LogP contribution in [0.3, 0.4) is 0 Å². The number of rotatable bonds is 2. The number of fused-ring (bicyclic) bond motifs is 1. The normalized spacial score (nSPS) is 10.6. The molecule has 0 saturated carbocycles. The van der Waals surface area contributed by atoms with Crippen LogP contribution >= 0.6 is 11.6 Å². The van der Waals surface area contributed by atoms with Gasteiger partial charge in [-0.25, -0.2) is 9.50 Å². The van der Waals surface area contributed by atoms with Gasteiger partial charge in [-0.2, -0.15) is 5.10 Å². The third-order valence-corrected chi connectivity index (χ3v) is 2.84. The van der Waals surface area contributed by atoms with Crippen LogP contribution in [0.25, 0.3) is 5.65 Å². The second-order valence-electron chi connectivity index (χ2n) is 3.90. The lowest BCUT2D eigenvalue weighted by molar-refractivity contribution is 0.102. The monoisotopic (exact) mass is 272 g/mol. The number of nitrogens with zero attached hydrogens (tertiary/aromatic N) is 3. The summed E-state index contributed by atoms with van der Waals surface area (Å²) in [4.78, 5) is 16.3. The SMILES string of the molecule is O=C(Nc1cccc(Cl)c1)c1ccnc2ccnn12. The standard InChI is InChI=1S/C13H9ClN4O/c14-9-2-1-3-10(8-9)17-13(19)11-4-6-15-12-5-7-16-18(11)12/h1-8H,(H,17,19). The van der Waals surface area contributed by atoms with Crippen LogP contribution in [0.5, 0.6) is 0 Å². The molecule has 1 aromatic carbocycles. The number of hydrogen-bond donors (Lipinski definition) is 1. The maximum atomic E-state index is 12.2. The minimum absolute atomic E-state index is 0.265. The van der Waals surface area contributed by atoms with Crippen molar-refractivity contribution in [3.63, 3.8) is 0 Å². The number of nitrogens with one attached hydrogen (secondary N) is 1. The Balaban J connectivity index is 1.94. The minimum atomic E-state index is -0.265. The first-order valence-electron chi connectivity index (χ1n) is 5.60. The van der Waals surface area contributed by atoms with E-state index in [4.69, 9.17) is 11.6 Å². The lowest BCUT2D eigenvalue weighted by Crippen LogP contribution is -2.16. The van der Waals surface area contributed by atoms with E-state index in [0.717, 1.165) is 0 Å². The van der Waals surface area contributed by atoms with Gasteiger partial charge in [0.15, 0.2) is 5.65 Å². The van der Waals surface area contributed by atoms with Gasteiger partial charge >= 0.3 is 0 Å². The van der Waals surface area contributed by atoms with Crippen LogP contribution in [0.2, 0.25) is 5.02 Å². The summed E-state index contributed by atoms with van der Waals surface area (Å²) in [7, 11) is 0. The van der Waals surface area contributed by atoms with Gasteiger partial charge in [0, 0.05) is 23.0 Å². The van der Waals surface area contributed by atoms with Crippen LogP contribution < -0.4 is 5.32 Å². The average molecular weight is 273 g/mol. The summed E-state index contributed by atoms with van der Waals surface area (Å²) < 4.78 is 1.49. The average Bonchev–Trinajstić information content (AvgIpc) is 2.86. The second kappa shape index (κ2) is 4.70. The number of aromatic nitrogens is 3. The Bertz CT molecular complexity index is 753. The van der Waals surface area contributed by atoms with Crippen molar-refractivity contribution in [2.24, 2.45) is 0 Å². The van der Waals surface area contributed by atoms with Gasteiger partial charge in [-0.15, -0.1) is 0 Å².